The Bertz CT molecular complexity index is 541. The van der Waals surface area contributed by atoms with Gasteiger partial charge < -0.3 is 11.1 Å². The zero-order valence-corrected chi connectivity index (χ0v) is 12.0. The van der Waals surface area contributed by atoms with Crippen LogP contribution >= 0.6 is 0 Å². The lowest BCUT2D eigenvalue weighted by Crippen LogP contribution is -2.38. The van der Waals surface area contributed by atoms with Crippen LogP contribution in [0.25, 0.3) is 0 Å². The van der Waals surface area contributed by atoms with Gasteiger partial charge in [0.2, 0.25) is 5.91 Å². The minimum absolute atomic E-state index is 0.0747. The first-order valence-electron chi connectivity index (χ1n) is 6.26. The van der Waals surface area contributed by atoms with Crippen molar-refractivity contribution in [1.82, 2.24) is 5.32 Å². The van der Waals surface area contributed by atoms with Crippen molar-refractivity contribution < 1.29 is 13.2 Å². The molecule has 0 saturated heterocycles. The highest BCUT2D eigenvalue weighted by atomic mass is 32.2. The molecular formula is C13H20N2O3S. The molecule has 19 heavy (non-hydrogen) atoms. The minimum atomic E-state index is -3.69. The van der Waals surface area contributed by atoms with Crippen LogP contribution in [0.5, 0.6) is 0 Å². The number of hydrogen-bond acceptors (Lipinski definition) is 4. The van der Waals surface area contributed by atoms with E-state index in [2.05, 4.69) is 5.32 Å². The first kappa shape index (κ1) is 15.5. The molecule has 1 rings (SSSR count). The Labute approximate surface area is 114 Å². The SMILES string of the molecule is CCCCNC(=O)C(C)S(=O)(=O)c1cccc(N)c1. The van der Waals surface area contributed by atoms with Crippen molar-refractivity contribution in [2.24, 2.45) is 0 Å². The number of rotatable bonds is 6. The molecule has 0 bridgehead atoms. The van der Waals surface area contributed by atoms with Crippen molar-refractivity contribution >= 4 is 21.4 Å². The Morgan fingerprint density at radius 1 is 1.42 bits per heavy atom. The second kappa shape index (κ2) is 6.56. The predicted molar refractivity (Wildman–Crippen MR) is 75.4 cm³/mol. The monoisotopic (exact) mass is 284 g/mol. The van der Waals surface area contributed by atoms with Crippen molar-refractivity contribution in [2.75, 3.05) is 12.3 Å². The van der Waals surface area contributed by atoms with E-state index in [9.17, 15) is 13.2 Å². The molecule has 0 radical (unpaired) electrons. The third kappa shape index (κ3) is 3.96. The summed E-state index contributed by atoms with van der Waals surface area (Å²) in [6.07, 6.45) is 1.77. The molecule has 1 unspecified atom stereocenters. The predicted octanol–water partition coefficient (Wildman–Crippen LogP) is 1.35. The van der Waals surface area contributed by atoms with E-state index in [-0.39, 0.29) is 4.90 Å². The fraction of sp³-hybridized carbons (Fsp3) is 0.462. The molecule has 1 aromatic rings. The summed E-state index contributed by atoms with van der Waals surface area (Å²) in [7, 11) is -3.69. The maximum Gasteiger partial charge on any atom is 0.238 e. The smallest absolute Gasteiger partial charge is 0.238 e. The first-order valence-corrected chi connectivity index (χ1v) is 7.81. The molecule has 0 aliphatic carbocycles. The van der Waals surface area contributed by atoms with Crippen molar-refractivity contribution in [2.45, 2.75) is 36.8 Å². The maximum absolute atomic E-state index is 12.2. The van der Waals surface area contributed by atoms with Crippen molar-refractivity contribution in [3.05, 3.63) is 24.3 Å². The number of sulfone groups is 1. The molecule has 1 atom stereocenters. The summed E-state index contributed by atoms with van der Waals surface area (Å²) in [6.45, 7) is 3.88. The third-order valence-corrected chi connectivity index (χ3v) is 4.91. The van der Waals surface area contributed by atoms with Crippen LogP contribution < -0.4 is 11.1 Å². The summed E-state index contributed by atoms with van der Waals surface area (Å²) < 4.78 is 24.5. The molecule has 3 N–H and O–H groups in total. The van der Waals surface area contributed by atoms with E-state index in [0.717, 1.165) is 12.8 Å². The van der Waals surface area contributed by atoms with E-state index in [4.69, 9.17) is 5.73 Å². The van der Waals surface area contributed by atoms with Crippen LogP contribution in [0, 0.1) is 0 Å². The summed E-state index contributed by atoms with van der Waals surface area (Å²) in [6, 6.07) is 5.97. The first-order chi connectivity index (χ1) is 8.89. The summed E-state index contributed by atoms with van der Waals surface area (Å²) in [5, 5.41) is 1.51. The number of benzene rings is 1. The summed E-state index contributed by atoms with van der Waals surface area (Å²) in [5.41, 5.74) is 5.93. The Morgan fingerprint density at radius 3 is 2.68 bits per heavy atom. The van der Waals surface area contributed by atoms with Gasteiger partial charge in [-0.2, -0.15) is 0 Å². The molecule has 0 saturated carbocycles. The van der Waals surface area contributed by atoms with E-state index in [0.29, 0.717) is 12.2 Å². The number of amides is 1. The Balaban J connectivity index is 2.85. The van der Waals surface area contributed by atoms with Crippen LogP contribution in [0.4, 0.5) is 5.69 Å². The van der Waals surface area contributed by atoms with E-state index in [1.807, 2.05) is 6.92 Å². The zero-order chi connectivity index (χ0) is 14.5. The summed E-state index contributed by atoms with van der Waals surface area (Å²) in [5.74, 6) is -0.476. The van der Waals surface area contributed by atoms with Crippen LogP contribution in [0.15, 0.2) is 29.2 Å². The summed E-state index contributed by atoms with van der Waals surface area (Å²) in [4.78, 5) is 11.9. The Morgan fingerprint density at radius 2 is 2.11 bits per heavy atom. The lowest BCUT2D eigenvalue weighted by atomic mass is 10.3. The molecule has 1 amide bonds. The quantitative estimate of drug-likeness (QED) is 0.609. The molecule has 0 aromatic heterocycles. The highest BCUT2D eigenvalue weighted by molar-refractivity contribution is 7.92. The largest absolute Gasteiger partial charge is 0.399 e. The molecule has 0 fully saturated rings. The van der Waals surface area contributed by atoms with E-state index >= 15 is 0 Å². The number of nitrogens with one attached hydrogen (secondary N) is 1. The zero-order valence-electron chi connectivity index (χ0n) is 11.2. The highest BCUT2D eigenvalue weighted by Crippen LogP contribution is 2.18. The number of hydrogen-bond donors (Lipinski definition) is 2. The number of unbranched alkanes of at least 4 members (excludes halogenated alkanes) is 1. The lowest BCUT2D eigenvalue weighted by Gasteiger charge is -2.13. The molecule has 6 heteroatoms. The average Bonchev–Trinajstić information content (AvgIpc) is 2.38. The van der Waals surface area contributed by atoms with Crippen molar-refractivity contribution in [3.8, 4) is 0 Å². The van der Waals surface area contributed by atoms with E-state index in [1.165, 1.54) is 19.1 Å². The molecule has 0 heterocycles. The van der Waals surface area contributed by atoms with Gasteiger partial charge in [0.25, 0.3) is 0 Å². The van der Waals surface area contributed by atoms with Gasteiger partial charge in [-0.25, -0.2) is 8.42 Å². The van der Waals surface area contributed by atoms with Gasteiger partial charge in [0.15, 0.2) is 9.84 Å². The average molecular weight is 284 g/mol. The van der Waals surface area contributed by atoms with Crippen LogP contribution in [-0.4, -0.2) is 26.1 Å². The third-order valence-electron chi connectivity index (χ3n) is 2.85. The van der Waals surface area contributed by atoms with Gasteiger partial charge in [-0.1, -0.05) is 19.4 Å². The van der Waals surface area contributed by atoms with Gasteiger partial charge in [-0.05, 0) is 31.5 Å². The van der Waals surface area contributed by atoms with Crippen LogP contribution in [0.2, 0.25) is 0 Å². The van der Waals surface area contributed by atoms with Gasteiger partial charge in [-0.15, -0.1) is 0 Å². The molecule has 5 nitrogen and oxygen atoms in total. The standard InChI is InChI=1S/C13H20N2O3S/c1-3-4-8-15-13(16)10(2)19(17,18)12-7-5-6-11(14)9-12/h5-7,9-10H,3-4,8,14H2,1-2H3,(H,15,16). The number of carbonyl (C=O) groups excluding carboxylic acids is 1. The van der Waals surface area contributed by atoms with Gasteiger partial charge >= 0.3 is 0 Å². The molecule has 0 spiro atoms. The molecule has 1 aromatic carbocycles. The van der Waals surface area contributed by atoms with Gasteiger partial charge in [0, 0.05) is 12.2 Å². The van der Waals surface area contributed by atoms with Crippen molar-refractivity contribution in [3.63, 3.8) is 0 Å². The molecular weight excluding hydrogens is 264 g/mol. The molecule has 0 aliphatic heterocycles. The fourth-order valence-electron chi connectivity index (χ4n) is 1.57. The van der Waals surface area contributed by atoms with Crippen LogP contribution in [0.3, 0.4) is 0 Å². The number of nitrogens with two attached hydrogens (primary N) is 1. The topological polar surface area (TPSA) is 89.3 Å². The Kier molecular flexibility index (Phi) is 5.35. The highest BCUT2D eigenvalue weighted by Gasteiger charge is 2.29. The molecule has 106 valence electrons. The number of nitrogen functional groups attached to an aromatic ring is 1. The summed E-state index contributed by atoms with van der Waals surface area (Å²) >= 11 is 0. The van der Waals surface area contributed by atoms with Crippen LogP contribution in [0.1, 0.15) is 26.7 Å². The fourth-order valence-corrected chi connectivity index (χ4v) is 2.91. The van der Waals surface area contributed by atoms with E-state index < -0.39 is 21.0 Å². The Hall–Kier alpha value is -1.56. The van der Waals surface area contributed by atoms with Gasteiger partial charge in [0.05, 0.1) is 4.90 Å². The number of anilines is 1. The second-order valence-corrected chi connectivity index (χ2v) is 6.67. The molecule has 0 aliphatic rings. The van der Waals surface area contributed by atoms with E-state index in [1.54, 1.807) is 12.1 Å². The van der Waals surface area contributed by atoms with Gasteiger partial charge in [-0.3, -0.25) is 4.79 Å². The minimum Gasteiger partial charge on any atom is -0.399 e. The van der Waals surface area contributed by atoms with Crippen molar-refractivity contribution in [1.29, 1.82) is 0 Å². The normalized spacial score (nSPS) is 12.9. The number of carbonyl (C=O) groups is 1. The second-order valence-electron chi connectivity index (χ2n) is 4.40. The van der Waals surface area contributed by atoms with Gasteiger partial charge in [0.1, 0.15) is 5.25 Å². The van der Waals surface area contributed by atoms with Crippen LogP contribution in [-0.2, 0) is 14.6 Å². The lowest BCUT2D eigenvalue weighted by molar-refractivity contribution is -0.120. The maximum atomic E-state index is 12.2.